The summed E-state index contributed by atoms with van der Waals surface area (Å²) in [6, 6.07) is 18.6. The van der Waals surface area contributed by atoms with Gasteiger partial charge in [0.25, 0.3) is 5.01 Å². The molecule has 0 fully saturated rings. The summed E-state index contributed by atoms with van der Waals surface area (Å²) in [5.74, 6) is 0. The Morgan fingerprint density at radius 1 is 1.10 bits per heavy atom. The van der Waals surface area contributed by atoms with E-state index in [2.05, 4.69) is 47.9 Å². The SMILES string of the molecule is CC[n+]1c(C(Cl)=Cc2ccccc2)sc2ccccc21. The number of para-hydroxylation sites is 1. The van der Waals surface area contributed by atoms with E-state index in [1.807, 2.05) is 24.3 Å². The Morgan fingerprint density at radius 3 is 2.55 bits per heavy atom. The lowest BCUT2D eigenvalue weighted by Crippen LogP contribution is -2.34. The minimum Gasteiger partial charge on any atom is -0.181 e. The monoisotopic (exact) mass is 300 g/mol. The van der Waals surface area contributed by atoms with Crippen molar-refractivity contribution >= 4 is 44.3 Å². The van der Waals surface area contributed by atoms with Gasteiger partial charge in [-0.3, -0.25) is 0 Å². The molecule has 20 heavy (non-hydrogen) atoms. The fourth-order valence-electron chi connectivity index (χ4n) is 2.28. The van der Waals surface area contributed by atoms with Crippen LogP contribution in [0.25, 0.3) is 21.3 Å². The van der Waals surface area contributed by atoms with Crippen LogP contribution in [-0.4, -0.2) is 0 Å². The third kappa shape index (κ3) is 2.49. The van der Waals surface area contributed by atoms with E-state index in [0.29, 0.717) is 0 Å². The van der Waals surface area contributed by atoms with Gasteiger partial charge in [0.2, 0.25) is 5.52 Å². The maximum Gasteiger partial charge on any atom is 0.281 e. The first-order chi connectivity index (χ1) is 9.79. The first-order valence-electron chi connectivity index (χ1n) is 6.63. The quantitative estimate of drug-likeness (QED) is 0.603. The van der Waals surface area contributed by atoms with Crippen LogP contribution in [0.1, 0.15) is 17.5 Å². The van der Waals surface area contributed by atoms with E-state index in [9.17, 15) is 0 Å². The van der Waals surface area contributed by atoms with Gasteiger partial charge in [0, 0.05) is 6.07 Å². The van der Waals surface area contributed by atoms with E-state index >= 15 is 0 Å². The van der Waals surface area contributed by atoms with Gasteiger partial charge < -0.3 is 0 Å². The topological polar surface area (TPSA) is 3.88 Å². The van der Waals surface area contributed by atoms with Crippen LogP contribution in [0.15, 0.2) is 54.6 Å². The number of benzene rings is 2. The van der Waals surface area contributed by atoms with Crippen LogP contribution >= 0.6 is 22.9 Å². The highest BCUT2D eigenvalue weighted by Crippen LogP contribution is 2.29. The van der Waals surface area contributed by atoms with Gasteiger partial charge in [-0.05, 0) is 24.6 Å². The number of fused-ring (bicyclic) bond motifs is 1. The Morgan fingerprint density at radius 2 is 1.80 bits per heavy atom. The van der Waals surface area contributed by atoms with Gasteiger partial charge in [0.1, 0.15) is 16.3 Å². The molecule has 0 N–H and O–H groups in total. The number of nitrogens with zero attached hydrogens (tertiary/aromatic N) is 1. The Hall–Kier alpha value is -1.64. The number of hydrogen-bond acceptors (Lipinski definition) is 1. The second-order valence-electron chi connectivity index (χ2n) is 4.52. The normalized spacial score (nSPS) is 12.0. The van der Waals surface area contributed by atoms with Gasteiger partial charge >= 0.3 is 0 Å². The lowest BCUT2D eigenvalue weighted by Gasteiger charge is -1.96. The van der Waals surface area contributed by atoms with Crippen molar-refractivity contribution in [2.75, 3.05) is 0 Å². The summed E-state index contributed by atoms with van der Waals surface area (Å²) >= 11 is 8.29. The van der Waals surface area contributed by atoms with Crippen LogP contribution in [-0.2, 0) is 6.54 Å². The predicted octanol–water partition coefficient (Wildman–Crippen LogP) is 4.95. The number of aryl methyl sites for hydroxylation is 1. The van der Waals surface area contributed by atoms with Gasteiger partial charge in [0.05, 0.1) is 0 Å². The maximum atomic E-state index is 6.55. The zero-order valence-corrected chi connectivity index (χ0v) is 12.8. The molecule has 0 aliphatic carbocycles. The van der Waals surface area contributed by atoms with E-state index in [4.69, 9.17) is 11.6 Å². The Balaban J connectivity index is 2.12. The zero-order chi connectivity index (χ0) is 13.9. The van der Waals surface area contributed by atoms with Crippen molar-refractivity contribution in [3.63, 3.8) is 0 Å². The van der Waals surface area contributed by atoms with Crippen LogP contribution in [0.3, 0.4) is 0 Å². The summed E-state index contributed by atoms with van der Waals surface area (Å²) in [5, 5.41) is 1.90. The van der Waals surface area contributed by atoms with Crippen molar-refractivity contribution in [2.45, 2.75) is 13.5 Å². The molecule has 0 radical (unpaired) electrons. The molecule has 3 rings (SSSR count). The molecule has 2 aromatic carbocycles. The number of rotatable bonds is 3. The van der Waals surface area contributed by atoms with Crippen LogP contribution in [0.4, 0.5) is 0 Å². The van der Waals surface area contributed by atoms with Crippen molar-refractivity contribution in [2.24, 2.45) is 0 Å². The van der Waals surface area contributed by atoms with Crippen molar-refractivity contribution in [3.05, 3.63) is 65.2 Å². The summed E-state index contributed by atoms with van der Waals surface area (Å²) < 4.78 is 3.53. The second-order valence-corrected chi connectivity index (χ2v) is 5.96. The van der Waals surface area contributed by atoms with Crippen LogP contribution < -0.4 is 4.57 Å². The third-order valence-corrected chi connectivity index (χ3v) is 4.82. The van der Waals surface area contributed by atoms with Gasteiger partial charge in [-0.1, -0.05) is 65.4 Å². The summed E-state index contributed by atoms with van der Waals surface area (Å²) in [4.78, 5) is 0. The fourth-order valence-corrected chi connectivity index (χ4v) is 3.76. The molecule has 0 saturated heterocycles. The molecule has 1 nitrogen and oxygen atoms in total. The molecular weight excluding hydrogens is 286 g/mol. The molecule has 0 aliphatic rings. The predicted molar refractivity (Wildman–Crippen MR) is 87.9 cm³/mol. The number of hydrogen-bond donors (Lipinski definition) is 0. The Kier molecular flexibility index (Phi) is 3.86. The highest BCUT2D eigenvalue weighted by atomic mass is 35.5. The molecular formula is C17H15ClNS+. The van der Waals surface area contributed by atoms with E-state index in [-0.39, 0.29) is 0 Å². The van der Waals surface area contributed by atoms with Crippen molar-refractivity contribution in [3.8, 4) is 0 Å². The number of halogens is 1. The molecule has 1 heterocycles. The summed E-state index contributed by atoms with van der Waals surface area (Å²) in [7, 11) is 0. The highest BCUT2D eigenvalue weighted by molar-refractivity contribution is 7.19. The molecule has 0 unspecified atom stereocenters. The van der Waals surface area contributed by atoms with Crippen LogP contribution in [0.2, 0.25) is 0 Å². The highest BCUT2D eigenvalue weighted by Gasteiger charge is 2.21. The molecule has 0 spiro atoms. The second kappa shape index (κ2) is 5.78. The largest absolute Gasteiger partial charge is 0.281 e. The van der Waals surface area contributed by atoms with Gasteiger partial charge in [-0.2, -0.15) is 4.57 Å². The van der Waals surface area contributed by atoms with Crippen LogP contribution in [0, 0.1) is 0 Å². The first-order valence-corrected chi connectivity index (χ1v) is 7.83. The molecule has 0 bridgehead atoms. The summed E-state index contributed by atoms with van der Waals surface area (Å²) in [6.07, 6.45) is 2.03. The Labute approximate surface area is 127 Å². The average Bonchev–Trinajstić information content (AvgIpc) is 2.87. The minimum absolute atomic E-state index is 0.791. The third-order valence-electron chi connectivity index (χ3n) is 3.22. The molecule has 0 atom stereocenters. The maximum absolute atomic E-state index is 6.55. The number of thiazole rings is 1. The van der Waals surface area contributed by atoms with Gasteiger partial charge in [-0.25, -0.2) is 0 Å². The van der Waals surface area contributed by atoms with E-state index in [1.165, 1.54) is 10.2 Å². The summed E-state index contributed by atoms with van der Waals surface area (Å²) in [5.41, 5.74) is 2.37. The van der Waals surface area contributed by atoms with E-state index in [1.54, 1.807) is 11.3 Å². The smallest absolute Gasteiger partial charge is 0.181 e. The minimum atomic E-state index is 0.791. The summed E-state index contributed by atoms with van der Waals surface area (Å²) in [6.45, 7) is 3.06. The van der Waals surface area contributed by atoms with Crippen LogP contribution in [0.5, 0.6) is 0 Å². The van der Waals surface area contributed by atoms with Crippen molar-refractivity contribution in [1.82, 2.24) is 0 Å². The molecule has 0 amide bonds. The van der Waals surface area contributed by atoms with Gasteiger partial charge in [-0.15, -0.1) is 0 Å². The van der Waals surface area contributed by atoms with E-state index in [0.717, 1.165) is 22.1 Å². The molecule has 1 aromatic heterocycles. The lowest BCUT2D eigenvalue weighted by atomic mass is 10.2. The molecule has 3 heteroatoms. The van der Waals surface area contributed by atoms with Crippen molar-refractivity contribution < 1.29 is 4.57 Å². The number of aromatic nitrogens is 1. The zero-order valence-electron chi connectivity index (χ0n) is 11.2. The van der Waals surface area contributed by atoms with Gasteiger partial charge in [0.15, 0.2) is 0 Å². The Bertz CT molecular complexity index is 759. The van der Waals surface area contributed by atoms with Crippen molar-refractivity contribution in [1.29, 1.82) is 0 Å². The first kappa shape index (κ1) is 13.3. The molecule has 0 saturated carbocycles. The standard InChI is InChI=1S/C17H15ClNS/c1-2-19-15-10-6-7-11-16(15)20-17(19)14(18)12-13-8-4-3-5-9-13/h3-12H,2H2,1H3/q+1. The average molecular weight is 301 g/mol. The molecule has 100 valence electrons. The molecule has 3 aromatic rings. The molecule has 0 aliphatic heterocycles. The van der Waals surface area contributed by atoms with E-state index < -0.39 is 0 Å². The fraction of sp³-hybridized carbons (Fsp3) is 0.118. The lowest BCUT2D eigenvalue weighted by molar-refractivity contribution is -0.665.